The molecule has 0 aromatic heterocycles. The van der Waals surface area contributed by atoms with Crippen LogP contribution in [0.4, 0.5) is 0 Å². The summed E-state index contributed by atoms with van der Waals surface area (Å²) >= 11 is 13.9. The zero-order valence-electron chi connectivity index (χ0n) is 11.7. The Balaban J connectivity index is 2.46. The van der Waals surface area contributed by atoms with Gasteiger partial charge < -0.3 is 4.74 Å². The van der Waals surface area contributed by atoms with E-state index in [9.17, 15) is 4.79 Å². The van der Waals surface area contributed by atoms with E-state index in [0.29, 0.717) is 33.5 Å². The molecule has 5 heteroatoms. The summed E-state index contributed by atoms with van der Waals surface area (Å²) in [7, 11) is 0. The fourth-order valence-corrected chi connectivity index (χ4v) is 3.00. The third-order valence-electron chi connectivity index (χ3n) is 2.92. The second-order valence-electron chi connectivity index (χ2n) is 4.22. The van der Waals surface area contributed by atoms with Crippen LogP contribution >= 0.6 is 35.0 Å². The van der Waals surface area contributed by atoms with Crippen molar-refractivity contribution in [1.82, 2.24) is 0 Å². The number of ether oxygens (including phenoxy) is 1. The fraction of sp³-hybridized carbons (Fsp3) is 0.188. The number of carbonyl (C=O) groups excluding carboxylic acids is 1. The summed E-state index contributed by atoms with van der Waals surface area (Å²) in [5, 5.41) is 0.718. The van der Waals surface area contributed by atoms with Crippen LogP contribution in [0.1, 0.15) is 22.8 Å². The molecule has 0 fully saturated rings. The molecule has 0 unspecified atom stereocenters. The summed E-state index contributed by atoms with van der Waals surface area (Å²) in [4.78, 5) is 13.6. The summed E-state index contributed by atoms with van der Waals surface area (Å²) in [6.45, 7) is 2.34. The van der Waals surface area contributed by atoms with E-state index < -0.39 is 0 Å². The molecule has 0 amide bonds. The Morgan fingerprint density at radius 2 is 1.86 bits per heavy atom. The van der Waals surface area contributed by atoms with E-state index in [2.05, 4.69) is 0 Å². The molecule has 0 heterocycles. The average Bonchev–Trinajstić information content (AvgIpc) is 2.50. The number of hydrogen-bond donors (Lipinski definition) is 0. The lowest BCUT2D eigenvalue weighted by Crippen LogP contribution is -2.05. The van der Waals surface area contributed by atoms with E-state index in [1.807, 2.05) is 31.4 Å². The molecule has 2 nitrogen and oxygen atoms in total. The minimum atomic E-state index is -0.144. The highest BCUT2D eigenvalue weighted by molar-refractivity contribution is 7.98. The molecule has 0 aliphatic heterocycles. The lowest BCUT2D eigenvalue weighted by Gasteiger charge is -2.11. The first-order valence-electron chi connectivity index (χ1n) is 6.38. The number of benzene rings is 2. The standard InChI is InChI=1S/C16H14Cl2O2S/c1-3-20-14-9-12(17)11(8-13(14)18)16(19)10-6-4-5-7-15(10)21-2/h4-9H,3H2,1-2H3. The molecule has 0 aliphatic rings. The van der Waals surface area contributed by atoms with Gasteiger partial charge in [-0.15, -0.1) is 11.8 Å². The summed E-state index contributed by atoms with van der Waals surface area (Å²) < 4.78 is 5.37. The average molecular weight is 341 g/mol. The van der Waals surface area contributed by atoms with Gasteiger partial charge in [-0.25, -0.2) is 0 Å². The Kier molecular flexibility index (Phi) is 5.57. The number of thioether (sulfide) groups is 1. The third-order valence-corrected chi connectivity index (χ3v) is 4.32. The van der Waals surface area contributed by atoms with E-state index in [1.54, 1.807) is 18.2 Å². The predicted molar refractivity (Wildman–Crippen MR) is 89.3 cm³/mol. The van der Waals surface area contributed by atoms with E-state index in [4.69, 9.17) is 27.9 Å². The van der Waals surface area contributed by atoms with E-state index in [0.717, 1.165) is 4.90 Å². The van der Waals surface area contributed by atoms with Gasteiger partial charge in [-0.3, -0.25) is 4.79 Å². The van der Waals surface area contributed by atoms with Crippen LogP contribution in [0.3, 0.4) is 0 Å². The molecule has 2 aromatic carbocycles. The van der Waals surface area contributed by atoms with E-state index >= 15 is 0 Å². The highest BCUT2D eigenvalue weighted by Crippen LogP contribution is 2.33. The molecular weight excluding hydrogens is 327 g/mol. The summed E-state index contributed by atoms with van der Waals surface area (Å²) in [5.74, 6) is 0.341. The molecule has 0 aliphatic carbocycles. The van der Waals surface area contributed by atoms with Gasteiger partial charge in [0.15, 0.2) is 5.78 Å². The predicted octanol–water partition coefficient (Wildman–Crippen LogP) is 5.35. The largest absolute Gasteiger partial charge is 0.492 e. The first-order valence-corrected chi connectivity index (χ1v) is 8.36. The Bertz CT molecular complexity index is 671. The van der Waals surface area contributed by atoms with Gasteiger partial charge >= 0.3 is 0 Å². The highest BCUT2D eigenvalue weighted by atomic mass is 35.5. The van der Waals surface area contributed by atoms with Crippen LogP contribution in [0.2, 0.25) is 10.0 Å². The van der Waals surface area contributed by atoms with Crippen LogP contribution in [-0.2, 0) is 0 Å². The second-order valence-corrected chi connectivity index (χ2v) is 5.89. The molecule has 0 atom stereocenters. The molecule has 0 saturated heterocycles. The van der Waals surface area contributed by atoms with Gasteiger partial charge in [0.1, 0.15) is 5.75 Å². The molecule has 110 valence electrons. The number of halogens is 2. The first-order chi connectivity index (χ1) is 10.1. The van der Waals surface area contributed by atoms with Gasteiger partial charge in [0.05, 0.1) is 16.7 Å². The van der Waals surface area contributed by atoms with Crippen molar-refractivity contribution in [3.05, 3.63) is 57.6 Å². The summed E-state index contributed by atoms with van der Waals surface area (Å²) in [6.07, 6.45) is 1.93. The maximum atomic E-state index is 12.7. The maximum absolute atomic E-state index is 12.7. The molecule has 2 rings (SSSR count). The topological polar surface area (TPSA) is 26.3 Å². The molecule has 21 heavy (non-hydrogen) atoms. The molecular formula is C16H14Cl2O2S. The Morgan fingerprint density at radius 1 is 1.14 bits per heavy atom. The first kappa shape index (κ1) is 16.2. The molecule has 0 spiro atoms. The number of carbonyl (C=O) groups is 1. The minimum absolute atomic E-state index is 0.144. The van der Waals surface area contributed by atoms with Crippen LogP contribution in [0.5, 0.6) is 5.75 Å². The Hall–Kier alpha value is -1.16. The molecule has 0 N–H and O–H groups in total. The number of ketones is 1. The van der Waals surface area contributed by atoms with Crippen molar-refractivity contribution in [2.75, 3.05) is 12.9 Å². The van der Waals surface area contributed by atoms with Crippen molar-refractivity contribution in [3.63, 3.8) is 0 Å². The van der Waals surface area contributed by atoms with Crippen molar-refractivity contribution < 1.29 is 9.53 Å². The van der Waals surface area contributed by atoms with Crippen molar-refractivity contribution in [1.29, 1.82) is 0 Å². The van der Waals surface area contributed by atoms with Gasteiger partial charge in [-0.2, -0.15) is 0 Å². The lowest BCUT2D eigenvalue weighted by molar-refractivity contribution is 0.103. The normalized spacial score (nSPS) is 10.5. The maximum Gasteiger partial charge on any atom is 0.195 e. The zero-order chi connectivity index (χ0) is 15.4. The van der Waals surface area contributed by atoms with Crippen LogP contribution in [0, 0.1) is 0 Å². The summed E-state index contributed by atoms with van der Waals surface area (Å²) in [6, 6.07) is 10.6. The lowest BCUT2D eigenvalue weighted by atomic mass is 10.0. The number of hydrogen-bond acceptors (Lipinski definition) is 3. The van der Waals surface area contributed by atoms with Gasteiger partial charge in [0.25, 0.3) is 0 Å². The van der Waals surface area contributed by atoms with Crippen LogP contribution in [0.15, 0.2) is 41.3 Å². The van der Waals surface area contributed by atoms with E-state index in [1.165, 1.54) is 11.8 Å². The molecule has 0 radical (unpaired) electrons. The van der Waals surface area contributed by atoms with E-state index in [-0.39, 0.29) is 5.78 Å². The molecule has 0 saturated carbocycles. The second kappa shape index (κ2) is 7.21. The van der Waals surface area contributed by atoms with Gasteiger partial charge in [0.2, 0.25) is 0 Å². The van der Waals surface area contributed by atoms with Crippen LogP contribution in [0.25, 0.3) is 0 Å². The van der Waals surface area contributed by atoms with Crippen LogP contribution < -0.4 is 4.74 Å². The van der Waals surface area contributed by atoms with Crippen molar-refractivity contribution in [2.45, 2.75) is 11.8 Å². The molecule has 2 aromatic rings. The van der Waals surface area contributed by atoms with Crippen LogP contribution in [-0.4, -0.2) is 18.6 Å². The van der Waals surface area contributed by atoms with Crippen molar-refractivity contribution in [3.8, 4) is 5.75 Å². The fourth-order valence-electron chi connectivity index (χ4n) is 1.95. The summed E-state index contributed by atoms with van der Waals surface area (Å²) in [5.41, 5.74) is 0.999. The SMILES string of the molecule is CCOc1cc(Cl)c(C(=O)c2ccccc2SC)cc1Cl. The quantitative estimate of drug-likeness (QED) is 0.542. The van der Waals surface area contributed by atoms with Crippen molar-refractivity contribution >= 4 is 40.7 Å². The highest BCUT2D eigenvalue weighted by Gasteiger charge is 2.18. The molecule has 0 bridgehead atoms. The van der Waals surface area contributed by atoms with Crippen molar-refractivity contribution in [2.24, 2.45) is 0 Å². The smallest absolute Gasteiger partial charge is 0.195 e. The monoisotopic (exact) mass is 340 g/mol. The van der Waals surface area contributed by atoms with Gasteiger partial charge in [-0.1, -0.05) is 35.3 Å². The van der Waals surface area contributed by atoms with Gasteiger partial charge in [0, 0.05) is 22.1 Å². The van der Waals surface area contributed by atoms with Gasteiger partial charge in [-0.05, 0) is 31.4 Å². The Labute approximate surface area is 138 Å². The zero-order valence-corrected chi connectivity index (χ0v) is 14.0. The third kappa shape index (κ3) is 3.54. The number of rotatable bonds is 5. The Morgan fingerprint density at radius 3 is 2.52 bits per heavy atom. The minimum Gasteiger partial charge on any atom is -0.492 e.